The number of hydrogen-bond donors (Lipinski definition) is 1. The summed E-state index contributed by atoms with van der Waals surface area (Å²) in [5.74, 6) is -0.136. The van der Waals surface area contributed by atoms with E-state index in [0.29, 0.717) is 20.6 Å². The molecule has 4 nitrogen and oxygen atoms in total. The molecule has 0 saturated heterocycles. The van der Waals surface area contributed by atoms with Gasteiger partial charge < -0.3 is 0 Å². The van der Waals surface area contributed by atoms with E-state index in [9.17, 15) is 8.42 Å². The Bertz CT molecular complexity index is 707. The third-order valence-electron chi connectivity index (χ3n) is 3.20. The topological polar surface area (TPSA) is 84.0 Å². The first kappa shape index (κ1) is 18.4. The molecule has 1 aromatic rings. The Balaban J connectivity index is 4.05. The summed E-state index contributed by atoms with van der Waals surface area (Å²) in [5, 5.41) is 14.7. The predicted molar refractivity (Wildman–Crippen MR) is 88.0 cm³/mol. The normalized spacial score (nSPS) is 12.0. The van der Waals surface area contributed by atoms with Gasteiger partial charge in [-0.15, -0.1) is 0 Å². The molecule has 0 atom stereocenters. The number of benzene rings is 1. The van der Waals surface area contributed by atoms with Crippen molar-refractivity contribution in [2.45, 2.75) is 50.8 Å². The molecule has 21 heavy (non-hydrogen) atoms. The lowest BCUT2D eigenvalue weighted by atomic mass is 9.90. The Morgan fingerprint density at radius 1 is 1.24 bits per heavy atom. The van der Waals surface area contributed by atoms with Gasteiger partial charge in [0, 0.05) is 9.50 Å². The zero-order chi connectivity index (χ0) is 16.5. The van der Waals surface area contributed by atoms with Crippen molar-refractivity contribution in [1.82, 2.24) is 0 Å². The van der Waals surface area contributed by atoms with Gasteiger partial charge in [-0.1, -0.05) is 39.3 Å². The molecule has 0 spiro atoms. The van der Waals surface area contributed by atoms with Crippen molar-refractivity contribution in [1.29, 1.82) is 5.26 Å². The highest BCUT2D eigenvalue weighted by atomic mass is 79.9. The van der Waals surface area contributed by atoms with Gasteiger partial charge in [-0.2, -0.15) is 5.26 Å². The van der Waals surface area contributed by atoms with E-state index in [1.807, 2.05) is 27.7 Å². The lowest BCUT2D eigenvalue weighted by molar-refractivity contribution is 0.594. The van der Waals surface area contributed by atoms with Crippen LogP contribution in [0.5, 0.6) is 0 Å². The van der Waals surface area contributed by atoms with E-state index in [-0.39, 0.29) is 23.2 Å². The van der Waals surface area contributed by atoms with Crippen LogP contribution in [-0.2, 0) is 16.4 Å². The number of nitrogens with two attached hydrogens (primary N) is 1. The van der Waals surface area contributed by atoms with Crippen molar-refractivity contribution in [3.63, 3.8) is 0 Å². The fourth-order valence-corrected chi connectivity index (χ4v) is 5.53. The molecular formula is C14H18BrClN2O2S. The molecule has 7 heteroatoms. The van der Waals surface area contributed by atoms with Crippen LogP contribution >= 0.6 is 27.5 Å². The van der Waals surface area contributed by atoms with Crippen LogP contribution in [0.1, 0.15) is 56.2 Å². The molecule has 0 bridgehead atoms. The highest BCUT2D eigenvalue weighted by Crippen LogP contribution is 2.43. The smallest absolute Gasteiger partial charge is 0.225 e. The molecule has 0 fully saturated rings. The molecule has 0 radical (unpaired) electrons. The van der Waals surface area contributed by atoms with E-state index in [2.05, 4.69) is 22.0 Å². The van der Waals surface area contributed by atoms with Crippen LogP contribution in [0.4, 0.5) is 0 Å². The van der Waals surface area contributed by atoms with Crippen molar-refractivity contribution < 1.29 is 8.42 Å². The number of rotatable bonds is 4. The van der Waals surface area contributed by atoms with Crippen molar-refractivity contribution >= 4 is 37.6 Å². The second-order valence-corrected chi connectivity index (χ2v) is 8.12. The molecule has 0 heterocycles. The fraction of sp³-hybridized carbons (Fsp3) is 0.500. The minimum absolute atomic E-state index is 0.00179. The maximum absolute atomic E-state index is 12.0. The van der Waals surface area contributed by atoms with E-state index in [1.165, 1.54) is 0 Å². The summed E-state index contributed by atoms with van der Waals surface area (Å²) in [4.78, 5) is 0.0212. The predicted octanol–water partition coefficient (Wildman–Crippen LogP) is 4.06. The van der Waals surface area contributed by atoms with Crippen LogP contribution in [0.25, 0.3) is 0 Å². The monoisotopic (exact) mass is 392 g/mol. The summed E-state index contributed by atoms with van der Waals surface area (Å²) >= 11 is 9.79. The number of nitrogens with zero attached hydrogens (tertiary/aromatic N) is 1. The van der Waals surface area contributed by atoms with Crippen LogP contribution in [0, 0.1) is 11.3 Å². The first-order valence-corrected chi connectivity index (χ1v) is 9.19. The minimum Gasteiger partial charge on any atom is -0.225 e. The third-order valence-corrected chi connectivity index (χ3v) is 5.71. The van der Waals surface area contributed by atoms with Crippen LogP contribution in [-0.4, -0.2) is 8.42 Å². The SMILES string of the molecule is CC(C)c1c(Br)c(S(N)(=O)=O)c(C(C)C)c(Cl)c1CC#N. The Labute approximate surface area is 139 Å². The lowest BCUT2D eigenvalue weighted by Gasteiger charge is -2.23. The highest BCUT2D eigenvalue weighted by molar-refractivity contribution is 9.10. The van der Waals surface area contributed by atoms with E-state index in [1.54, 1.807) is 0 Å². The van der Waals surface area contributed by atoms with Crippen molar-refractivity contribution in [2.75, 3.05) is 0 Å². The summed E-state index contributed by atoms with van der Waals surface area (Å²) in [5.41, 5.74) is 1.84. The van der Waals surface area contributed by atoms with Crippen LogP contribution in [0.15, 0.2) is 9.37 Å². The lowest BCUT2D eigenvalue weighted by Crippen LogP contribution is -2.19. The highest BCUT2D eigenvalue weighted by Gasteiger charge is 2.29. The Kier molecular flexibility index (Phi) is 5.84. The molecular weight excluding hydrogens is 376 g/mol. The van der Waals surface area contributed by atoms with E-state index < -0.39 is 10.0 Å². The van der Waals surface area contributed by atoms with Crippen LogP contribution in [0.3, 0.4) is 0 Å². The van der Waals surface area contributed by atoms with Crippen molar-refractivity contribution in [3.8, 4) is 6.07 Å². The van der Waals surface area contributed by atoms with Crippen LogP contribution in [0.2, 0.25) is 5.02 Å². The molecule has 116 valence electrons. The molecule has 0 aliphatic rings. The Morgan fingerprint density at radius 3 is 2.05 bits per heavy atom. The summed E-state index contributed by atoms with van der Waals surface area (Å²) in [6.07, 6.45) is 0.121. The Morgan fingerprint density at radius 2 is 1.71 bits per heavy atom. The Hall–Kier alpha value is -0.610. The van der Waals surface area contributed by atoms with Gasteiger partial charge in [0.05, 0.1) is 12.5 Å². The number of sulfonamides is 1. The fourth-order valence-electron chi connectivity index (χ4n) is 2.40. The maximum atomic E-state index is 12.0. The number of nitriles is 1. The first-order valence-electron chi connectivity index (χ1n) is 6.47. The van der Waals surface area contributed by atoms with Gasteiger partial charge in [-0.25, -0.2) is 13.6 Å². The summed E-state index contributed by atoms with van der Waals surface area (Å²) in [7, 11) is -3.93. The van der Waals surface area contributed by atoms with Crippen molar-refractivity contribution in [2.24, 2.45) is 5.14 Å². The van der Waals surface area contributed by atoms with E-state index >= 15 is 0 Å². The molecule has 1 rings (SSSR count). The quantitative estimate of drug-likeness (QED) is 0.837. The zero-order valence-corrected chi connectivity index (χ0v) is 15.5. The second kappa shape index (κ2) is 6.66. The standard InChI is InChI=1S/C14H18BrClN2O2S/c1-7(2)10-9(5-6-17)13(16)11(8(3)4)14(12(10)15)21(18,19)20/h7-8H,5H2,1-4H3,(H2,18,19,20). The van der Waals surface area contributed by atoms with Gasteiger partial charge in [0.25, 0.3) is 0 Å². The van der Waals surface area contributed by atoms with Crippen LogP contribution < -0.4 is 5.14 Å². The molecule has 0 unspecified atom stereocenters. The van der Waals surface area contributed by atoms with Gasteiger partial charge in [0.15, 0.2) is 0 Å². The van der Waals surface area contributed by atoms with Gasteiger partial charge >= 0.3 is 0 Å². The van der Waals surface area contributed by atoms with Gasteiger partial charge in [0.2, 0.25) is 10.0 Å². The molecule has 0 amide bonds. The number of primary sulfonamides is 1. The molecule has 0 aliphatic carbocycles. The van der Waals surface area contributed by atoms with Gasteiger partial charge in [-0.3, -0.25) is 0 Å². The largest absolute Gasteiger partial charge is 0.239 e. The van der Waals surface area contributed by atoms with Gasteiger partial charge in [-0.05, 0) is 44.5 Å². The van der Waals surface area contributed by atoms with Gasteiger partial charge in [0.1, 0.15) is 4.90 Å². The minimum atomic E-state index is -3.93. The molecule has 0 aliphatic heterocycles. The zero-order valence-electron chi connectivity index (χ0n) is 12.4. The number of halogens is 2. The third kappa shape index (κ3) is 3.59. The maximum Gasteiger partial charge on any atom is 0.239 e. The van der Waals surface area contributed by atoms with E-state index in [0.717, 1.165) is 5.56 Å². The average molecular weight is 394 g/mol. The second-order valence-electron chi connectivity index (χ2n) is 5.45. The molecule has 2 N–H and O–H groups in total. The molecule has 0 aromatic heterocycles. The summed E-state index contributed by atoms with van der Waals surface area (Å²) in [6, 6.07) is 2.09. The number of hydrogen-bond acceptors (Lipinski definition) is 3. The summed E-state index contributed by atoms with van der Waals surface area (Å²) < 4.78 is 24.4. The first-order chi connectivity index (χ1) is 9.53. The average Bonchev–Trinajstić information content (AvgIpc) is 2.30. The molecule has 1 aromatic carbocycles. The van der Waals surface area contributed by atoms with E-state index in [4.69, 9.17) is 22.0 Å². The van der Waals surface area contributed by atoms with Crippen molar-refractivity contribution in [3.05, 3.63) is 26.2 Å². The summed E-state index contributed by atoms with van der Waals surface area (Å²) in [6.45, 7) is 7.51. The molecule has 0 saturated carbocycles.